The van der Waals surface area contributed by atoms with Gasteiger partial charge in [0.15, 0.2) is 12.0 Å². The fraction of sp³-hybridized carbons (Fsp3) is 0.188. The first-order valence-corrected chi connectivity index (χ1v) is 6.71. The Balaban J connectivity index is 2.39. The quantitative estimate of drug-likeness (QED) is 0.545. The fourth-order valence-corrected chi connectivity index (χ4v) is 2.33. The van der Waals surface area contributed by atoms with Crippen molar-refractivity contribution in [2.45, 2.75) is 13.8 Å². The number of pyridine rings is 1. The van der Waals surface area contributed by atoms with Gasteiger partial charge in [0.05, 0.1) is 23.2 Å². The minimum Gasteiger partial charge on any atom is -0.483 e. The molecule has 0 unspecified atom stereocenters. The summed E-state index contributed by atoms with van der Waals surface area (Å²) in [6.07, 6.45) is 1.43. The molecular weight excluding hydrogens is 264 g/mol. The van der Waals surface area contributed by atoms with Gasteiger partial charge in [-0.05, 0) is 37.6 Å². The van der Waals surface area contributed by atoms with E-state index in [4.69, 9.17) is 4.74 Å². The summed E-state index contributed by atoms with van der Waals surface area (Å²) < 4.78 is 7.07. The molecule has 0 saturated carbocycles. The van der Waals surface area contributed by atoms with Crippen molar-refractivity contribution in [1.29, 1.82) is 5.26 Å². The SMILES string of the molecule is CCOC=Nc1cc(C)c(C#N)c2nc3ccccc3n12. The molecule has 5 heteroatoms. The number of aliphatic imine (C=N–C) groups is 1. The van der Waals surface area contributed by atoms with Crippen molar-refractivity contribution >= 4 is 28.9 Å². The molecule has 0 aliphatic carbocycles. The molecule has 3 aromatic rings. The second-order valence-electron chi connectivity index (χ2n) is 4.62. The van der Waals surface area contributed by atoms with Crippen molar-refractivity contribution in [3.63, 3.8) is 0 Å². The van der Waals surface area contributed by atoms with Gasteiger partial charge in [-0.3, -0.25) is 4.40 Å². The molecule has 0 radical (unpaired) electrons. The van der Waals surface area contributed by atoms with E-state index in [2.05, 4.69) is 16.0 Å². The molecule has 21 heavy (non-hydrogen) atoms. The summed E-state index contributed by atoms with van der Waals surface area (Å²) in [7, 11) is 0. The van der Waals surface area contributed by atoms with Crippen LogP contribution in [0.4, 0.5) is 5.82 Å². The van der Waals surface area contributed by atoms with E-state index in [9.17, 15) is 5.26 Å². The Labute approximate surface area is 122 Å². The van der Waals surface area contributed by atoms with Gasteiger partial charge in [0.2, 0.25) is 0 Å². The van der Waals surface area contributed by atoms with Crippen LogP contribution < -0.4 is 0 Å². The molecule has 0 fully saturated rings. The van der Waals surface area contributed by atoms with E-state index in [1.54, 1.807) is 0 Å². The summed E-state index contributed by atoms with van der Waals surface area (Å²) >= 11 is 0. The Bertz CT molecular complexity index is 887. The molecule has 5 nitrogen and oxygen atoms in total. The lowest BCUT2D eigenvalue weighted by Gasteiger charge is -2.05. The maximum atomic E-state index is 9.38. The van der Waals surface area contributed by atoms with Gasteiger partial charge >= 0.3 is 0 Å². The van der Waals surface area contributed by atoms with Crippen LogP contribution in [-0.4, -0.2) is 22.4 Å². The summed E-state index contributed by atoms with van der Waals surface area (Å²) in [6, 6.07) is 11.9. The van der Waals surface area contributed by atoms with Gasteiger partial charge in [0, 0.05) is 0 Å². The molecule has 0 saturated heterocycles. The third kappa shape index (κ3) is 2.11. The molecule has 0 aliphatic rings. The van der Waals surface area contributed by atoms with Crippen molar-refractivity contribution in [3.8, 4) is 6.07 Å². The molecule has 3 rings (SSSR count). The van der Waals surface area contributed by atoms with Gasteiger partial charge in [-0.1, -0.05) is 12.1 Å². The summed E-state index contributed by atoms with van der Waals surface area (Å²) in [5.41, 5.74) is 3.81. The Morgan fingerprint density at radius 2 is 2.24 bits per heavy atom. The van der Waals surface area contributed by atoms with Gasteiger partial charge in [-0.25, -0.2) is 9.98 Å². The first-order valence-electron chi connectivity index (χ1n) is 6.71. The monoisotopic (exact) mass is 278 g/mol. The van der Waals surface area contributed by atoms with Gasteiger partial charge in [0.1, 0.15) is 11.9 Å². The zero-order valence-corrected chi connectivity index (χ0v) is 11.9. The number of aromatic nitrogens is 2. The summed E-state index contributed by atoms with van der Waals surface area (Å²) in [5, 5.41) is 9.38. The maximum Gasteiger partial charge on any atom is 0.176 e. The van der Waals surface area contributed by atoms with Crippen LogP contribution in [0, 0.1) is 18.3 Å². The smallest absolute Gasteiger partial charge is 0.176 e. The molecule has 104 valence electrons. The van der Waals surface area contributed by atoms with Gasteiger partial charge in [-0.15, -0.1) is 0 Å². The van der Waals surface area contributed by atoms with Crippen LogP contribution in [0.15, 0.2) is 35.3 Å². The average molecular weight is 278 g/mol. The van der Waals surface area contributed by atoms with Crippen molar-refractivity contribution in [3.05, 3.63) is 41.5 Å². The number of nitriles is 1. The topological polar surface area (TPSA) is 62.7 Å². The normalized spacial score (nSPS) is 11.3. The summed E-state index contributed by atoms with van der Waals surface area (Å²) in [5.74, 6) is 0.698. The van der Waals surface area contributed by atoms with Crippen molar-refractivity contribution in [2.24, 2.45) is 4.99 Å². The second kappa shape index (κ2) is 5.25. The van der Waals surface area contributed by atoms with Crippen molar-refractivity contribution in [2.75, 3.05) is 6.61 Å². The lowest BCUT2D eigenvalue weighted by atomic mass is 10.1. The Hall–Kier alpha value is -2.87. The minimum absolute atomic E-state index is 0.562. The maximum absolute atomic E-state index is 9.38. The Morgan fingerprint density at radius 1 is 1.43 bits per heavy atom. The highest BCUT2D eigenvalue weighted by Gasteiger charge is 2.14. The van der Waals surface area contributed by atoms with E-state index in [0.717, 1.165) is 16.6 Å². The number of benzene rings is 1. The first-order chi connectivity index (χ1) is 10.3. The zero-order valence-electron chi connectivity index (χ0n) is 11.9. The molecule has 0 spiro atoms. The summed E-state index contributed by atoms with van der Waals surface area (Å²) in [4.78, 5) is 8.91. The third-order valence-electron chi connectivity index (χ3n) is 3.29. The zero-order chi connectivity index (χ0) is 14.8. The van der Waals surface area contributed by atoms with Crippen LogP contribution in [0.3, 0.4) is 0 Å². The van der Waals surface area contributed by atoms with Crippen LogP contribution in [-0.2, 0) is 4.74 Å². The molecule has 2 heterocycles. The average Bonchev–Trinajstić information content (AvgIpc) is 2.86. The number of imidazole rings is 1. The number of fused-ring (bicyclic) bond motifs is 3. The highest BCUT2D eigenvalue weighted by Crippen LogP contribution is 2.27. The predicted octanol–water partition coefficient (Wildman–Crippen LogP) is 3.36. The first kappa shape index (κ1) is 13.1. The third-order valence-corrected chi connectivity index (χ3v) is 3.29. The predicted molar refractivity (Wildman–Crippen MR) is 81.9 cm³/mol. The molecule has 0 aliphatic heterocycles. The lowest BCUT2D eigenvalue weighted by Crippen LogP contribution is -1.95. The van der Waals surface area contributed by atoms with Crippen LogP contribution in [0.2, 0.25) is 0 Å². The molecule has 0 bridgehead atoms. The number of para-hydroxylation sites is 2. The number of nitrogens with zero attached hydrogens (tertiary/aromatic N) is 4. The number of ether oxygens (including phenoxy) is 1. The molecule has 0 atom stereocenters. The van der Waals surface area contributed by atoms with Gasteiger partial charge in [0.25, 0.3) is 0 Å². The highest BCUT2D eigenvalue weighted by atomic mass is 16.5. The van der Waals surface area contributed by atoms with E-state index in [0.29, 0.717) is 23.6 Å². The second-order valence-corrected chi connectivity index (χ2v) is 4.62. The number of hydrogen-bond acceptors (Lipinski definition) is 4. The van der Waals surface area contributed by atoms with E-state index in [1.165, 1.54) is 6.40 Å². The standard InChI is InChI=1S/C16H14N4O/c1-3-21-10-18-15-8-11(2)12(9-17)16-19-13-6-4-5-7-14(13)20(15)16/h4-8,10H,3H2,1-2H3. The van der Waals surface area contributed by atoms with E-state index in [1.807, 2.05) is 48.6 Å². The molecular formula is C16H14N4O. The van der Waals surface area contributed by atoms with Crippen molar-refractivity contribution < 1.29 is 4.74 Å². The van der Waals surface area contributed by atoms with E-state index < -0.39 is 0 Å². The van der Waals surface area contributed by atoms with Gasteiger partial charge < -0.3 is 4.74 Å². The minimum atomic E-state index is 0.562. The largest absolute Gasteiger partial charge is 0.483 e. The number of aryl methyl sites for hydroxylation is 1. The number of hydrogen-bond donors (Lipinski definition) is 0. The van der Waals surface area contributed by atoms with Crippen LogP contribution >= 0.6 is 0 Å². The molecule has 0 N–H and O–H groups in total. The molecule has 0 amide bonds. The van der Waals surface area contributed by atoms with Crippen molar-refractivity contribution in [1.82, 2.24) is 9.38 Å². The molecule has 2 aromatic heterocycles. The molecule has 1 aromatic carbocycles. The summed E-state index contributed by atoms with van der Waals surface area (Å²) in [6.45, 7) is 4.35. The van der Waals surface area contributed by atoms with Crippen LogP contribution in [0.5, 0.6) is 0 Å². The van der Waals surface area contributed by atoms with E-state index in [-0.39, 0.29) is 0 Å². The lowest BCUT2D eigenvalue weighted by molar-refractivity contribution is 0.344. The van der Waals surface area contributed by atoms with Crippen LogP contribution in [0.25, 0.3) is 16.7 Å². The fourth-order valence-electron chi connectivity index (χ4n) is 2.33. The van der Waals surface area contributed by atoms with Crippen LogP contribution in [0.1, 0.15) is 18.1 Å². The number of rotatable bonds is 3. The van der Waals surface area contributed by atoms with Gasteiger partial charge in [-0.2, -0.15) is 5.26 Å². The Kier molecular flexibility index (Phi) is 3.28. The van der Waals surface area contributed by atoms with E-state index >= 15 is 0 Å². The highest BCUT2D eigenvalue weighted by molar-refractivity contribution is 5.85. The Morgan fingerprint density at radius 3 is 3.00 bits per heavy atom.